The molecule has 7 rings (SSSR count). The standard InChI is InChI=1S/C30H38N8O3/c1-4-40-21-13-22(27-23-15-32-34-28(23)35-38(27)16-21)20-5-6-25(31-14-20)37-9-7-30(8-10-37)18-36-11-12-41-24(17-36)26(19(2)3)29(39)33-30/h5-6,13-16,19,24,26H,4,7-12,17-18H2,1-3H3,(H,33,39)(H,34,35). The molecule has 7 heterocycles. The zero-order valence-electron chi connectivity index (χ0n) is 24.0. The van der Waals surface area contributed by atoms with Crippen LogP contribution in [-0.4, -0.2) is 93.2 Å². The molecule has 1 amide bonds. The molecule has 3 unspecified atom stereocenters. The molecule has 3 fully saturated rings. The number of carbonyl (C=O) groups is 1. The Hall–Kier alpha value is -3.70. The number of ether oxygens (including phenoxy) is 2. The number of hydrogen-bond donors (Lipinski definition) is 2. The Labute approximate surface area is 239 Å². The Morgan fingerprint density at radius 2 is 2.05 bits per heavy atom. The number of aromatic amines is 1. The van der Waals surface area contributed by atoms with Gasteiger partial charge in [0.25, 0.3) is 0 Å². The molecule has 1 spiro atoms. The van der Waals surface area contributed by atoms with Gasteiger partial charge in [-0.1, -0.05) is 13.8 Å². The monoisotopic (exact) mass is 558 g/mol. The van der Waals surface area contributed by atoms with E-state index in [0.29, 0.717) is 13.2 Å². The summed E-state index contributed by atoms with van der Waals surface area (Å²) < 4.78 is 13.7. The van der Waals surface area contributed by atoms with Crippen molar-refractivity contribution in [3.05, 3.63) is 36.8 Å². The smallest absolute Gasteiger partial charge is 0.226 e. The number of nitrogens with one attached hydrogen (secondary N) is 2. The number of H-pyrrole nitrogens is 1. The van der Waals surface area contributed by atoms with E-state index in [2.05, 4.69) is 56.4 Å². The van der Waals surface area contributed by atoms with E-state index in [9.17, 15) is 4.79 Å². The van der Waals surface area contributed by atoms with E-state index >= 15 is 0 Å². The Bertz CT molecular complexity index is 1550. The van der Waals surface area contributed by atoms with Crippen LogP contribution >= 0.6 is 0 Å². The van der Waals surface area contributed by atoms with E-state index in [0.717, 1.165) is 84.8 Å². The highest BCUT2D eigenvalue weighted by molar-refractivity contribution is 6.00. The third kappa shape index (κ3) is 4.70. The van der Waals surface area contributed by atoms with Crippen molar-refractivity contribution in [1.29, 1.82) is 0 Å². The third-order valence-electron chi connectivity index (χ3n) is 9.03. The minimum atomic E-state index is -0.216. The fourth-order valence-corrected chi connectivity index (χ4v) is 6.99. The number of amides is 1. The van der Waals surface area contributed by atoms with Crippen molar-refractivity contribution in [2.24, 2.45) is 11.8 Å². The number of morpholine rings is 1. The Morgan fingerprint density at radius 1 is 1.20 bits per heavy atom. The highest BCUT2D eigenvalue weighted by Crippen LogP contribution is 2.35. The number of carbonyl (C=O) groups excluding carboxylic acids is 1. The molecule has 3 aliphatic heterocycles. The molecule has 41 heavy (non-hydrogen) atoms. The summed E-state index contributed by atoms with van der Waals surface area (Å²) in [5.41, 5.74) is 3.48. The quantitative estimate of drug-likeness (QED) is 0.384. The van der Waals surface area contributed by atoms with E-state index in [1.54, 1.807) is 0 Å². The minimum absolute atomic E-state index is 0.0217. The molecular formula is C30H38N8O3. The second kappa shape index (κ2) is 10.3. The summed E-state index contributed by atoms with van der Waals surface area (Å²) in [6.45, 7) is 11.8. The Kier molecular flexibility index (Phi) is 6.58. The second-order valence-electron chi connectivity index (χ2n) is 12.0. The van der Waals surface area contributed by atoms with Crippen molar-refractivity contribution >= 4 is 28.3 Å². The SMILES string of the molecule is CCOc1cc(-c2ccc(N3CCC4(CC3)CN3CCOC(C3)C(C(C)C)C(=O)N4)nc2)c2c3cn[nH]c3nn2c1. The molecular weight excluding hydrogens is 520 g/mol. The highest BCUT2D eigenvalue weighted by Gasteiger charge is 2.45. The topological polar surface area (TPSA) is 113 Å². The first-order chi connectivity index (χ1) is 19.9. The normalized spacial score (nSPS) is 24.5. The number of anilines is 1. The van der Waals surface area contributed by atoms with E-state index in [-0.39, 0.29) is 29.4 Å². The van der Waals surface area contributed by atoms with E-state index < -0.39 is 0 Å². The van der Waals surface area contributed by atoms with Gasteiger partial charge in [-0.05, 0) is 43.9 Å². The maximum absolute atomic E-state index is 13.5. The lowest BCUT2D eigenvalue weighted by Gasteiger charge is -2.50. The number of fused-ring (bicyclic) bond motifs is 5. The Balaban J connectivity index is 1.12. The second-order valence-corrected chi connectivity index (χ2v) is 12.0. The number of hydrogen-bond acceptors (Lipinski definition) is 8. The maximum atomic E-state index is 13.5. The number of pyridine rings is 2. The molecule has 3 saturated heterocycles. The zero-order chi connectivity index (χ0) is 28.1. The lowest BCUT2D eigenvalue weighted by molar-refractivity contribution is -0.145. The van der Waals surface area contributed by atoms with E-state index in [1.165, 1.54) is 0 Å². The summed E-state index contributed by atoms with van der Waals surface area (Å²) in [4.78, 5) is 23.2. The van der Waals surface area contributed by atoms with Crippen molar-refractivity contribution in [2.45, 2.75) is 45.3 Å². The first-order valence-electron chi connectivity index (χ1n) is 14.8. The van der Waals surface area contributed by atoms with Crippen LogP contribution < -0.4 is 15.0 Å². The number of rotatable bonds is 5. The third-order valence-corrected chi connectivity index (χ3v) is 9.03. The zero-order valence-corrected chi connectivity index (χ0v) is 24.0. The van der Waals surface area contributed by atoms with Gasteiger partial charge in [0, 0.05) is 50.0 Å². The molecule has 4 aromatic heterocycles. The molecule has 0 radical (unpaired) electrons. The van der Waals surface area contributed by atoms with Crippen LogP contribution in [0.25, 0.3) is 27.7 Å². The van der Waals surface area contributed by atoms with Gasteiger partial charge in [-0.2, -0.15) is 5.10 Å². The van der Waals surface area contributed by atoms with Gasteiger partial charge in [-0.15, -0.1) is 5.10 Å². The van der Waals surface area contributed by atoms with Crippen LogP contribution in [0.1, 0.15) is 33.6 Å². The summed E-state index contributed by atoms with van der Waals surface area (Å²) in [6, 6.07) is 6.26. The van der Waals surface area contributed by atoms with Crippen molar-refractivity contribution in [3.8, 4) is 16.9 Å². The van der Waals surface area contributed by atoms with Gasteiger partial charge in [0.05, 0.1) is 54.1 Å². The summed E-state index contributed by atoms with van der Waals surface area (Å²) in [5, 5.41) is 16.2. The van der Waals surface area contributed by atoms with Gasteiger partial charge in [0.1, 0.15) is 11.6 Å². The Morgan fingerprint density at radius 3 is 2.80 bits per heavy atom. The summed E-state index contributed by atoms with van der Waals surface area (Å²) in [6.07, 6.45) is 7.40. The van der Waals surface area contributed by atoms with E-state index in [1.807, 2.05) is 36.1 Å². The lowest BCUT2D eigenvalue weighted by Crippen LogP contribution is -2.67. The fourth-order valence-electron chi connectivity index (χ4n) is 6.99. The summed E-state index contributed by atoms with van der Waals surface area (Å²) >= 11 is 0. The first-order valence-corrected chi connectivity index (χ1v) is 14.8. The molecule has 2 N–H and O–H groups in total. The van der Waals surface area contributed by atoms with Crippen molar-refractivity contribution in [1.82, 2.24) is 35.0 Å². The van der Waals surface area contributed by atoms with Crippen LogP contribution in [0.2, 0.25) is 0 Å². The van der Waals surface area contributed by atoms with Gasteiger partial charge in [0.2, 0.25) is 5.91 Å². The molecule has 216 valence electrons. The van der Waals surface area contributed by atoms with Crippen LogP contribution in [0.5, 0.6) is 5.75 Å². The van der Waals surface area contributed by atoms with Gasteiger partial charge >= 0.3 is 0 Å². The summed E-state index contributed by atoms with van der Waals surface area (Å²) in [7, 11) is 0. The van der Waals surface area contributed by atoms with Crippen LogP contribution in [0.4, 0.5) is 5.82 Å². The summed E-state index contributed by atoms with van der Waals surface area (Å²) in [5.74, 6) is 1.97. The van der Waals surface area contributed by atoms with Gasteiger partial charge in [-0.25, -0.2) is 9.50 Å². The molecule has 11 heteroatoms. The average Bonchev–Trinajstić information content (AvgIpc) is 3.54. The van der Waals surface area contributed by atoms with Crippen LogP contribution in [0.15, 0.2) is 36.8 Å². The first kappa shape index (κ1) is 26.2. The van der Waals surface area contributed by atoms with Crippen LogP contribution in [-0.2, 0) is 9.53 Å². The van der Waals surface area contributed by atoms with Gasteiger partial charge in [-0.3, -0.25) is 14.8 Å². The molecule has 2 bridgehead atoms. The van der Waals surface area contributed by atoms with Gasteiger partial charge < -0.3 is 19.7 Å². The van der Waals surface area contributed by atoms with Crippen molar-refractivity contribution in [2.75, 3.05) is 50.8 Å². The van der Waals surface area contributed by atoms with Gasteiger partial charge in [0.15, 0.2) is 5.65 Å². The largest absolute Gasteiger partial charge is 0.492 e. The maximum Gasteiger partial charge on any atom is 0.226 e. The predicted molar refractivity (Wildman–Crippen MR) is 156 cm³/mol. The van der Waals surface area contributed by atoms with Crippen molar-refractivity contribution in [3.63, 3.8) is 0 Å². The molecule has 0 aliphatic carbocycles. The average molecular weight is 559 g/mol. The minimum Gasteiger partial charge on any atom is -0.492 e. The number of piperidine rings is 1. The highest BCUT2D eigenvalue weighted by atomic mass is 16.5. The molecule has 4 aromatic rings. The van der Waals surface area contributed by atoms with Crippen LogP contribution in [0, 0.1) is 11.8 Å². The van der Waals surface area contributed by atoms with E-state index in [4.69, 9.17) is 14.5 Å². The number of nitrogens with zero attached hydrogens (tertiary/aromatic N) is 6. The molecule has 0 saturated carbocycles. The molecule has 3 atom stereocenters. The lowest BCUT2D eigenvalue weighted by atomic mass is 9.81. The molecule has 3 aliphatic rings. The fraction of sp³-hybridized carbons (Fsp3) is 0.533. The number of aromatic nitrogens is 5. The van der Waals surface area contributed by atoms with Crippen LogP contribution in [0.3, 0.4) is 0 Å². The molecule has 11 nitrogen and oxygen atoms in total. The molecule has 0 aromatic carbocycles. The van der Waals surface area contributed by atoms with Crippen molar-refractivity contribution < 1.29 is 14.3 Å². The predicted octanol–water partition coefficient (Wildman–Crippen LogP) is 3.11.